The van der Waals surface area contributed by atoms with Crippen molar-refractivity contribution in [2.45, 2.75) is 32.7 Å². The summed E-state index contributed by atoms with van der Waals surface area (Å²) in [7, 11) is 1.66. The van der Waals surface area contributed by atoms with Crippen molar-refractivity contribution in [1.29, 1.82) is 0 Å². The fourth-order valence-electron chi connectivity index (χ4n) is 1.74. The van der Waals surface area contributed by atoms with Crippen LogP contribution in [0.3, 0.4) is 0 Å². The van der Waals surface area contributed by atoms with Gasteiger partial charge in [0.25, 0.3) is 0 Å². The first-order valence-corrected chi connectivity index (χ1v) is 6.27. The van der Waals surface area contributed by atoms with Crippen molar-refractivity contribution in [2.75, 3.05) is 20.3 Å². The van der Waals surface area contributed by atoms with Gasteiger partial charge in [-0.15, -0.1) is 0 Å². The van der Waals surface area contributed by atoms with Gasteiger partial charge in [0.15, 0.2) is 11.5 Å². The molecule has 96 valence electrons. The molecule has 0 amide bonds. The zero-order valence-electron chi connectivity index (χ0n) is 11.0. The Bertz CT molecular complexity index is 315. The molecular formula is C14H23NO2. The highest BCUT2D eigenvalue weighted by molar-refractivity contribution is 5.39. The molecule has 0 bridgehead atoms. The molecule has 0 spiro atoms. The third kappa shape index (κ3) is 5.09. The fraction of sp³-hybridized carbons (Fsp3) is 0.571. The highest BCUT2D eigenvalue weighted by Crippen LogP contribution is 2.25. The van der Waals surface area contributed by atoms with Crippen molar-refractivity contribution in [3.05, 3.63) is 24.3 Å². The molecular weight excluding hydrogens is 214 g/mol. The molecule has 1 aromatic carbocycles. The molecule has 17 heavy (non-hydrogen) atoms. The number of ether oxygens (including phenoxy) is 2. The SMILES string of the molecule is CCCC(C)NCCOc1ccccc1OC. The second-order valence-corrected chi connectivity index (χ2v) is 4.14. The van der Waals surface area contributed by atoms with E-state index in [-0.39, 0.29) is 0 Å². The Morgan fingerprint density at radius 2 is 1.94 bits per heavy atom. The Morgan fingerprint density at radius 3 is 2.59 bits per heavy atom. The zero-order valence-corrected chi connectivity index (χ0v) is 11.0. The van der Waals surface area contributed by atoms with Crippen LogP contribution in [0.5, 0.6) is 11.5 Å². The first kappa shape index (κ1) is 13.8. The van der Waals surface area contributed by atoms with Gasteiger partial charge in [-0.2, -0.15) is 0 Å². The summed E-state index contributed by atoms with van der Waals surface area (Å²) >= 11 is 0. The van der Waals surface area contributed by atoms with E-state index in [1.165, 1.54) is 12.8 Å². The molecule has 0 heterocycles. The molecule has 0 saturated carbocycles. The quantitative estimate of drug-likeness (QED) is 0.705. The number of hydrogen-bond acceptors (Lipinski definition) is 3. The molecule has 3 nitrogen and oxygen atoms in total. The minimum atomic E-state index is 0.557. The van der Waals surface area contributed by atoms with E-state index < -0.39 is 0 Å². The lowest BCUT2D eigenvalue weighted by Crippen LogP contribution is -2.30. The lowest BCUT2D eigenvalue weighted by Gasteiger charge is -2.14. The van der Waals surface area contributed by atoms with E-state index in [0.717, 1.165) is 18.0 Å². The molecule has 0 aliphatic carbocycles. The number of methoxy groups -OCH3 is 1. The molecule has 0 aromatic heterocycles. The van der Waals surface area contributed by atoms with Crippen LogP contribution in [0.1, 0.15) is 26.7 Å². The average molecular weight is 237 g/mol. The van der Waals surface area contributed by atoms with E-state index in [4.69, 9.17) is 9.47 Å². The Balaban J connectivity index is 2.26. The van der Waals surface area contributed by atoms with Crippen LogP contribution >= 0.6 is 0 Å². The van der Waals surface area contributed by atoms with Crippen LogP contribution in [0, 0.1) is 0 Å². The molecule has 0 aliphatic rings. The van der Waals surface area contributed by atoms with Gasteiger partial charge < -0.3 is 14.8 Å². The number of para-hydroxylation sites is 2. The van der Waals surface area contributed by atoms with Crippen LogP contribution in [0.25, 0.3) is 0 Å². The fourth-order valence-corrected chi connectivity index (χ4v) is 1.74. The third-order valence-corrected chi connectivity index (χ3v) is 2.64. The van der Waals surface area contributed by atoms with Crippen molar-refractivity contribution in [3.8, 4) is 11.5 Å². The van der Waals surface area contributed by atoms with Crippen molar-refractivity contribution in [3.63, 3.8) is 0 Å². The van der Waals surface area contributed by atoms with E-state index in [0.29, 0.717) is 12.6 Å². The Labute approximate surface area is 104 Å². The maximum atomic E-state index is 5.67. The summed E-state index contributed by atoms with van der Waals surface area (Å²) in [5.41, 5.74) is 0. The van der Waals surface area contributed by atoms with Gasteiger partial charge in [0, 0.05) is 12.6 Å². The predicted octanol–water partition coefficient (Wildman–Crippen LogP) is 2.85. The van der Waals surface area contributed by atoms with E-state index in [1.54, 1.807) is 7.11 Å². The van der Waals surface area contributed by atoms with Crippen LogP contribution in [0.4, 0.5) is 0 Å². The second kappa shape index (κ2) is 7.96. The molecule has 1 aromatic rings. The number of nitrogens with one attached hydrogen (secondary N) is 1. The van der Waals surface area contributed by atoms with Crippen molar-refractivity contribution < 1.29 is 9.47 Å². The smallest absolute Gasteiger partial charge is 0.161 e. The minimum absolute atomic E-state index is 0.557. The van der Waals surface area contributed by atoms with Gasteiger partial charge in [-0.1, -0.05) is 25.5 Å². The monoisotopic (exact) mass is 237 g/mol. The molecule has 3 heteroatoms. The van der Waals surface area contributed by atoms with Crippen LogP contribution in [0.2, 0.25) is 0 Å². The highest BCUT2D eigenvalue weighted by atomic mass is 16.5. The number of rotatable bonds is 8. The van der Waals surface area contributed by atoms with Gasteiger partial charge in [-0.3, -0.25) is 0 Å². The van der Waals surface area contributed by atoms with Crippen LogP contribution in [-0.4, -0.2) is 26.3 Å². The Morgan fingerprint density at radius 1 is 1.24 bits per heavy atom. The molecule has 1 atom stereocenters. The molecule has 1 N–H and O–H groups in total. The minimum Gasteiger partial charge on any atom is -0.493 e. The molecule has 0 aliphatic heterocycles. The van der Waals surface area contributed by atoms with Crippen molar-refractivity contribution in [2.24, 2.45) is 0 Å². The summed E-state index contributed by atoms with van der Waals surface area (Å²) in [5.74, 6) is 1.59. The van der Waals surface area contributed by atoms with E-state index in [1.807, 2.05) is 24.3 Å². The summed E-state index contributed by atoms with van der Waals surface area (Å²) in [6.07, 6.45) is 2.41. The predicted molar refractivity (Wildman–Crippen MR) is 70.9 cm³/mol. The van der Waals surface area contributed by atoms with E-state index >= 15 is 0 Å². The zero-order chi connectivity index (χ0) is 12.5. The Kier molecular flexibility index (Phi) is 6.48. The van der Waals surface area contributed by atoms with E-state index in [2.05, 4.69) is 19.2 Å². The van der Waals surface area contributed by atoms with Gasteiger partial charge in [0.2, 0.25) is 0 Å². The van der Waals surface area contributed by atoms with Crippen molar-refractivity contribution >= 4 is 0 Å². The first-order chi connectivity index (χ1) is 8.27. The van der Waals surface area contributed by atoms with Gasteiger partial charge >= 0.3 is 0 Å². The molecule has 1 rings (SSSR count). The molecule has 0 saturated heterocycles. The van der Waals surface area contributed by atoms with Crippen LogP contribution in [-0.2, 0) is 0 Å². The molecule has 0 fully saturated rings. The molecule has 1 unspecified atom stereocenters. The maximum absolute atomic E-state index is 5.67. The average Bonchev–Trinajstić information content (AvgIpc) is 2.35. The van der Waals surface area contributed by atoms with Crippen LogP contribution in [0.15, 0.2) is 24.3 Å². The second-order valence-electron chi connectivity index (χ2n) is 4.14. The summed E-state index contributed by atoms with van der Waals surface area (Å²) < 4.78 is 10.9. The first-order valence-electron chi connectivity index (χ1n) is 6.27. The number of benzene rings is 1. The normalized spacial score (nSPS) is 12.2. The van der Waals surface area contributed by atoms with Crippen LogP contribution < -0.4 is 14.8 Å². The summed E-state index contributed by atoms with van der Waals surface area (Å²) in [6.45, 7) is 5.92. The summed E-state index contributed by atoms with van der Waals surface area (Å²) in [5, 5.41) is 3.43. The Hall–Kier alpha value is -1.22. The lowest BCUT2D eigenvalue weighted by molar-refractivity contribution is 0.286. The maximum Gasteiger partial charge on any atom is 0.161 e. The van der Waals surface area contributed by atoms with Gasteiger partial charge in [0.05, 0.1) is 7.11 Å². The lowest BCUT2D eigenvalue weighted by atomic mass is 10.2. The third-order valence-electron chi connectivity index (χ3n) is 2.64. The van der Waals surface area contributed by atoms with Gasteiger partial charge in [-0.25, -0.2) is 0 Å². The summed E-state index contributed by atoms with van der Waals surface area (Å²) in [4.78, 5) is 0. The number of hydrogen-bond donors (Lipinski definition) is 1. The summed E-state index contributed by atoms with van der Waals surface area (Å²) in [6, 6.07) is 8.27. The molecule has 0 radical (unpaired) electrons. The standard InChI is InChI=1S/C14H23NO2/c1-4-7-12(2)15-10-11-17-14-9-6-5-8-13(14)16-3/h5-6,8-9,12,15H,4,7,10-11H2,1-3H3. The highest BCUT2D eigenvalue weighted by Gasteiger charge is 2.02. The largest absolute Gasteiger partial charge is 0.493 e. The van der Waals surface area contributed by atoms with E-state index in [9.17, 15) is 0 Å². The topological polar surface area (TPSA) is 30.5 Å². The van der Waals surface area contributed by atoms with Crippen molar-refractivity contribution in [1.82, 2.24) is 5.32 Å². The van der Waals surface area contributed by atoms with Gasteiger partial charge in [-0.05, 0) is 25.5 Å². The van der Waals surface area contributed by atoms with Gasteiger partial charge in [0.1, 0.15) is 6.61 Å².